The Kier molecular flexibility index (Phi) is 5.03. The van der Waals surface area contributed by atoms with Crippen molar-refractivity contribution in [2.75, 3.05) is 14.2 Å². The number of esters is 2. The largest absolute Gasteiger partial charge is 0.465 e. The van der Waals surface area contributed by atoms with Gasteiger partial charge in [-0.05, 0) is 42.8 Å². The zero-order valence-corrected chi connectivity index (χ0v) is 15.0. The summed E-state index contributed by atoms with van der Waals surface area (Å²) in [6, 6.07) is 13.1. The highest BCUT2D eigenvalue weighted by Gasteiger charge is 2.31. The molecule has 7 heteroatoms. The minimum Gasteiger partial charge on any atom is -0.465 e. The number of aryl methyl sites for hydroxylation is 1. The van der Waals surface area contributed by atoms with Crippen molar-refractivity contribution in [3.05, 3.63) is 71.2 Å². The van der Waals surface area contributed by atoms with E-state index >= 15 is 0 Å². The van der Waals surface area contributed by atoms with Crippen molar-refractivity contribution in [2.24, 2.45) is 0 Å². The fraction of sp³-hybridized carbons (Fsp3) is 0.150. The molecular weight excluding hydrogens is 351 g/mol. The van der Waals surface area contributed by atoms with E-state index in [1.807, 2.05) is 6.07 Å². The van der Waals surface area contributed by atoms with Crippen molar-refractivity contribution in [1.29, 1.82) is 0 Å². The van der Waals surface area contributed by atoms with Gasteiger partial charge in [0.25, 0.3) is 0 Å². The zero-order chi connectivity index (χ0) is 19.6. The molecule has 1 heterocycles. The molecule has 0 N–H and O–H groups in total. The van der Waals surface area contributed by atoms with Gasteiger partial charge >= 0.3 is 11.9 Å². The summed E-state index contributed by atoms with van der Waals surface area (Å²) >= 11 is 0. The zero-order valence-electron chi connectivity index (χ0n) is 15.0. The first-order chi connectivity index (χ1) is 13.0. The van der Waals surface area contributed by atoms with E-state index in [9.17, 15) is 14.0 Å². The van der Waals surface area contributed by atoms with Crippen LogP contribution in [-0.4, -0.2) is 35.9 Å². The molecule has 0 saturated carbocycles. The van der Waals surface area contributed by atoms with E-state index in [2.05, 4.69) is 5.10 Å². The smallest absolute Gasteiger partial charge is 0.357 e. The van der Waals surface area contributed by atoms with Gasteiger partial charge in [-0.25, -0.2) is 18.7 Å². The van der Waals surface area contributed by atoms with Crippen molar-refractivity contribution >= 4 is 11.9 Å². The van der Waals surface area contributed by atoms with E-state index in [4.69, 9.17) is 9.47 Å². The Labute approximate surface area is 155 Å². The van der Waals surface area contributed by atoms with E-state index in [1.54, 1.807) is 37.3 Å². The highest BCUT2D eigenvalue weighted by atomic mass is 19.1. The molecular formula is C20H17FN2O4. The van der Waals surface area contributed by atoms with Crippen LogP contribution in [0.2, 0.25) is 0 Å². The van der Waals surface area contributed by atoms with Gasteiger partial charge in [-0.3, -0.25) is 0 Å². The van der Waals surface area contributed by atoms with E-state index in [0.29, 0.717) is 16.8 Å². The minimum absolute atomic E-state index is 0.0850. The number of para-hydroxylation sites is 1. The second-order valence-electron chi connectivity index (χ2n) is 5.82. The third-order valence-corrected chi connectivity index (χ3v) is 3.97. The summed E-state index contributed by atoms with van der Waals surface area (Å²) < 4.78 is 24.9. The van der Waals surface area contributed by atoms with Crippen LogP contribution < -0.4 is 0 Å². The number of aromatic nitrogens is 2. The standard InChI is InChI=1S/C20H17FN2O4/c1-12-9-13(11-14(21)10-12)17-16(19(24)26-2)18(20(25)27-3)23(22-17)15-7-5-4-6-8-15/h4-11H,1-3H3. The highest BCUT2D eigenvalue weighted by molar-refractivity contribution is 6.06. The molecule has 0 aliphatic rings. The lowest BCUT2D eigenvalue weighted by Gasteiger charge is -2.07. The lowest BCUT2D eigenvalue weighted by Crippen LogP contribution is -2.15. The summed E-state index contributed by atoms with van der Waals surface area (Å²) in [5.74, 6) is -2.00. The summed E-state index contributed by atoms with van der Waals surface area (Å²) in [5.41, 5.74) is 1.50. The number of carbonyl (C=O) groups is 2. The summed E-state index contributed by atoms with van der Waals surface area (Å²) in [5, 5.41) is 4.42. The van der Waals surface area contributed by atoms with Gasteiger partial charge in [0.15, 0.2) is 5.69 Å². The Balaban J connectivity index is 2.38. The number of nitrogens with zero attached hydrogens (tertiary/aromatic N) is 2. The first-order valence-corrected chi connectivity index (χ1v) is 8.09. The van der Waals surface area contributed by atoms with E-state index in [-0.39, 0.29) is 17.0 Å². The molecule has 0 atom stereocenters. The minimum atomic E-state index is -0.769. The third kappa shape index (κ3) is 3.44. The Morgan fingerprint density at radius 1 is 1.00 bits per heavy atom. The van der Waals surface area contributed by atoms with Crippen LogP contribution in [0.15, 0.2) is 48.5 Å². The highest BCUT2D eigenvalue weighted by Crippen LogP contribution is 2.30. The van der Waals surface area contributed by atoms with Gasteiger partial charge in [0.2, 0.25) is 0 Å². The van der Waals surface area contributed by atoms with Crippen molar-refractivity contribution < 1.29 is 23.5 Å². The molecule has 138 valence electrons. The van der Waals surface area contributed by atoms with Gasteiger partial charge in [-0.2, -0.15) is 5.10 Å². The average molecular weight is 368 g/mol. The maximum atomic E-state index is 13.9. The van der Waals surface area contributed by atoms with Crippen molar-refractivity contribution in [2.45, 2.75) is 6.92 Å². The summed E-state index contributed by atoms with van der Waals surface area (Å²) in [6.07, 6.45) is 0. The molecule has 0 fully saturated rings. The lowest BCUT2D eigenvalue weighted by molar-refractivity contribution is 0.0549. The first-order valence-electron chi connectivity index (χ1n) is 8.09. The summed E-state index contributed by atoms with van der Waals surface area (Å²) in [7, 11) is 2.40. The van der Waals surface area contributed by atoms with Gasteiger partial charge in [0.1, 0.15) is 17.1 Å². The van der Waals surface area contributed by atoms with Crippen molar-refractivity contribution in [3.63, 3.8) is 0 Å². The van der Waals surface area contributed by atoms with Gasteiger partial charge in [-0.15, -0.1) is 0 Å². The Bertz CT molecular complexity index is 992. The number of carbonyl (C=O) groups excluding carboxylic acids is 2. The number of hydrogen-bond donors (Lipinski definition) is 0. The van der Waals surface area contributed by atoms with Gasteiger partial charge < -0.3 is 9.47 Å². The molecule has 3 aromatic rings. The van der Waals surface area contributed by atoms with Crippen LogP contribution in [0, 0.1) is 12.7 Å². The second kappa shape index (κ2) is 7.41. The lowest BCUT2D eigenvalue weighted by atomic mass is 10.0. The molecule has 0 saturated heterocycles. The summed E-state index contributed by atoms with van der Waals surface area (Å²) in [4.78, 5) is 24.9. The van der Waals surface area contributed by atoms with Crippen LogP contribution in [-0.2, 0) is 9.47 Å². The molecule has 6 nitrogen and oxygen atoms in total. The Morgan fingerprint density at radius 2 is 1.67 bits per heavy atom. The van der Waals surface area contributed by atoms with Crippen LogP contribution in [0.5, 0.6) is 0 Å². The molecule has 1 aromatic heterocycles. The normalized spacial score (nSPS) is 10.5. The number of ether oxygens (including phenoxy) is 2. The molecule has 0 radical (unpaired) electrons. The molecule has 3 rings (SSSR count). The topological polar surface area (TPSA) is 70.4 Å². The van der Waals surface area contributed by atoms with Gasteiger partial charge in [0, 0.05) is 5.56 Å². The molecule has 0 aliphatic heterocycles. The average Bonchev–Trinajstić information content (AvgIpc) is 3.07. The Hall–Kier alpha value is -3.48. The molecule has 0 amide bonds. The maximum Gasteiger partial charge on any atom is 0.357 e. The van der Waals surface area contributed by atoms with Crippen molar-refractivity contribution in [3.8, 4) is 16.9 Å². The molecule has 0 spiro atoms. The monoisotopic (exact) mass is 368 g/mol. The first kappa shape index (κ1) is 18.3. The second-order valence-corrected chi connectivity index (χ2v) is 5.82. The third-order valence-electron chi connectivity index (χ3n) is 3.97. The maximum absolute atomic E-state index is 13.9. The molecule has 0 unspecified atom stereocenters. The van der Waals surface area contributed by atoms with Crippen LogP contribution >= 0.6 is 0 Å². The van der Waals surface area contributed by atoms with Crippen LogP contribution in [0.1, 0.15) is 26.4 Å². The van der Waals surface area contributed by atoms with E-state index in [0.717, 1.165) is 0 Å². The number of benzene rings is 2. The van der Waals surface area contributed by atoms with Gasteiger partial charge in [-0.1, -0.05) is 18.2 Å². The Morgan fingerprint density at radius 3 is 2.26 bits per heavy atom. The van der Waals surface area contributed by atoms with Crippen LogP contribution in [0.4, 0.5) is 4.39 Å². The molecule has 0 aliphatic carbocycles. The molecule has 0 bridgehead atoms. The molecule has 2 aromatic carbocycles. The van der Waals surface area contributed by atoms with Gasteiger partial charge in [0.05, 0.1) is 19.9 Å². The number of halogens is 1. The predicted octanol–water partition coefficient (Wildman–Crippen LogP) is 3.56. The quantitative estimate of drug-likeness (QED) is 0.659. The number of rotatable bonds is 4. The molecule has 27 heavy (non-hydrogen) atoms. The summed E-state index contributed by atoms with van der Waals surface area (Å²) in [6.45, 7) is 1.72. The fourth-order valence-corrected chi connectivity index (χ4v) is 2.83. The van der Waals surface area contributed by atoms with E-state index < -0.39 is 17.8 Å². The predicted molar refractivity (Wildman–Crippen MR) is 96.4 cm³/mol. The van der Waals surface area contributed by atoms with E-state index in [1.165, 1.54) is 31.0 Å². The number of methoxy groups -OCH3 is 2. The van der Waals surface area contributed by atoms with Crippen LogP contribution in [0.25, 0.3) is 16.9 Å². The SMILES string of the molecule is COC(=O)c1c(-c2cc(C)cc(F)c2)nn(-c2ccccc2)c1C(=O)OC. The number of hydrogen-bond acceptors (Lipinski definition) is 5. The van der Waals surface area contributed by atoms with Crippen LogP contribution in [0.3, 0.4) is 0 Å². The van der Waals surface area contributed by atoms with Crippen molar-refractivity contribution in [1.82, 2.24) is 9.78 Å². The fourth-order valence-electron chi connectivity index (χ4n) is 2.83.